The summed E-state index contributed by atoms with van der Waals surface area (Å²) in [6.07, 6.45) is 12.9. The second-order valence-corrected chi connectivity index (χ2v) is 16.5. The molecule has 0 spiro atoms. The Hall–Kier alpha value is -6.33. The van der Waals surface area contributed by atoms with Gasteiger partial charge in [-0.3, -0.25) is 10.1 Å². The summed E-state index contributed by atoms with van der Waals surface area (Å²) in [6.45, 7) is 9.74. The Morgan fingerprint density at radius 1 is 0.724 bits per heavy atom. The number of benzene rings is 6. The zero-order chi connectivity index (χ0) is 40.3. The Labute approximate surface area is 343 Å². The fraction of sp³-hybridized carbons (Fsp3) is 0.226. The standard InChI is InChI=1S/C53H52N3O2/c1-5-31-52(36-40-18-9-6-10-19-40)47-35-45(56(57)58)28-29-48(47)54(4)50(52)26-17-27-51-53(37-41-20-11-7-12-21-41,38-42-22-13-8-14-23-42)46-33-43-24-15-16-25-44(43)34-49(46)55(51)32-30-39(2)3/h5-29,33-35,39H,1,30-32,36-38H2,2-4H3/q+1. The highest BCUT2D eigenvalue weighted by Gasteiger charge is 2.52. The molecule has 8 rings (SSSR count). The lowest BCUT2D eigenvalue weighted by atomic mass is 9.68. The number of nitro benzene ring substituents is 1. The largest absolute Gasteiger partial charge is 0.347 e. The molecule has 0 radical (unpaired) electrons. The van der Waals surface area contributed by atoms with Gasteiger partial charge in [0.15, 0.2) is 5.71 Å². The molecule has 0 aliphatic carbocycles. The quantitative estimate of drug-likeness (QED) is 0.0480. The molecule has 5 heteroatoms. The van der Waals surface area contributed by atoms with Gasteiger partial charge in [0.05, 0.1) is 10.3 Å². The van der Waals surface area contributed by atoms with E-state index >= 15 is 0 Å². The summed E-state index contributed by atoms with van der Waals surface area (Å²) in [5.74, 6) is 0.529. The number of allylic oxidation sites excluding steroid dienone is 5. The zero-order valence-electron chi connectivity index (χ0n) is 33.9. The van der Waals surface area contributed by atoms with E-state index in [-0.39, 0.29) is 16.0 Å². The van der Waals surface area contributed by atoms with E-state index in [2.05, 4.69) is 177 Å². The summed E-state index contributed by atoms with van der Waals surface area (Å²) < 4.78 is 2.61. The van der Waals surface area contributed by atoms with E-state index in [4.69, 9.17) is 0 Å². The third-order valence-corrected chi connectivity index (χ3v) is 12.3. The maximum absolute atomic E-state index is 12.2. The van der Waals surface area contributed by atoms with Crippen molar-refractivity contribution in [2.45, 2.75) is 56.8 Å². The van der Waals surface area contributed by atoms with Gasteiger partial charge in [0.2, 0.25) is 5.69 Å². The van der Waals surface area contributed by atoms with Gasteiger partial charge in [-0.25, -0.2) is 0 Å². The second kappa shape index (κ2) is 16.3. The predicted molar refractivity (Wildman–Crippen MR) is 241 cm³/mol. The molecule has 0 fully saturated rings. The first-order chi connectivity index (χ1) is 28.2. The van der Waals surface area contributed by atoms with Gasteiger partial charge in [-0.1, -0.05) is 141 Å². The zero-order valence-corrected chi connectivity index (χ0v) is 33.9. The van der Waals surface area contributed by atoms with Crippen LogP contribution in [0.15, 0.2) is 182 Å². The summed E-state index contributed by atoms with van der Waals surface area (Å²) in [7, 11) is 2.09. The number of anilines is 1. The lowest BCUT2D eigenvalue weighted by Crippen LogP contribution is -2.39. The molecule has 0 saturated heterocycles. The first-order valence-electron chi connectivity index (χ1n) is 20.5. The molecule has 0 N–H and O–H groups in total. The van der Waals surface area contributed by atoms with Crippen LogP contribution in [0.2, 0.25) is 0 Å². The van der Waals surface area contributed by atoms with Crippen LogP contribution in [0.5, 0.6) is 0 Å². The van der Waals surface area contributed by atoms with E-state index in [0.717, 1.165) is 42.8 Å². The van der Waals surface area contributed by atoms with Crippen LogP contribution in [-0.4, -0.2) is 28.8 Å². The average Bonchev–Trinajstić information content (AvgIpc) is 3.60. The minimum atomic E-state index is -0.562. The SMILES string of the molecule is C=CCC1(Cc2ccccc2)/C(=C\C=C\C2=[N+](CCC(C)C)c3cc4ccccc4cc3C2(Cc2ccccc2)Cc2ccccc2)N(C)c2ccc([N+](=O)[O-])cc21. The van der Waals surface area contributed by atoms with E-state index in [1.807, 2.05) is 18.2 Å². The molecule has 6 aromatic carbocycles. The van der Waals surface area contributed by atoms with Crippen molar-refractivity contribution in [3.8, 4) is 0 Å². The van der Waals surface area contributed by atoms with Gasteiger partial charge in [0.1, 0.15) is 6.54 Å². The number of rotatable bonds is 14. The van der Waals surface area contributed by atoms with E-state index in [1.165, 1.54) is 44.4 Å². The fourth-order valence-corrected chi connectivity index (χ4v) is 9.63. The van der Waals surface area contributed by atoms with Crippen LogP contribution in [0.4, 0.5) is 17.1 Å². The highest BCUT2D eigenvalue weighted by atomic mass is 16.6. The van der Waals surface area contributed by atoms with Gasteiger partial charge in [0.25, 0.3) is 5.69 Å². The Morgan fingerprint density at radius 2 is 1.28 bits per heavy atom. The van der Waals surface area contributed by atoms with E-state index < -0.39 is 5.41 Å². The molecule has 290 valence electrons. The van der Waals surface area contributed by atoms with Crippen LogP contribution in [0, 0.1) is 16.0 Å². The van der Waals surface area contributed by atoms with E-state index in [0.29, 0.717) is 18.8 Å². The van der Waals surface area contributed by atoms with Gasteiger partial charge in [0, 0.05) is 60.1 Å². The molecule has 1 atom stereocenters. The molecular weight excluding hydrogens is 711 g/mol. The summed E-state index contributed by atoms with van der Waals surface area (Å²) in [4.78, 5) is 14.1. The van der Waals surface area contributed by atoms with Crippen LogP contribution in [-0.2, 0) is 30.1 Å². The van der Waals surface area contributed by atoms with Crippen molar-refractivity contribution in [1.29, 1.82) is 0 Å². The molecule has 0 saturated carbocycles. The van der Waals surface area contributed by atoms with Gasteiger partial charge in [-0.05, 0) is 82.8 Å². The van der Waals surface area contributed by atoms with Crippen LogP contribution in [0.25, 0.3) is 10.8 Å². The molecule has 2 aliphatic heterocycles. The minimum Gasteiger partial charge on any atom is -0.347 e. The Bertz CT molecular complexity index is 2510. The van der Waals surface area contributed by atoms with Crippen molar-refractivity contribution in [1.82, 2.24) is 0 Å². The first-order valence-corrected chi connectivity index (χ1v) is 20.5. The average molecular weight is 763 g/mol. The molecular formula is C53H52N3O2+. The van der Waals surface area contributed by atoms with Gasteiger partial charge in [-0.2, -0.15) is 4.58 Å². The number of fused-ring (bicyclic) bond motifs is 3. The smallest absolute Gasteiger partial charge is 0.269 e. The molecule has 0 amide bonds. The van der Waals surface area contributed by atoms with Crippen molar-refractivity contribution in [3.05, 3.63) is 220 Å². The highest BCUT2D eigenvalue weighted by molar-refractivity contribution is 6.06. The Balaban J connectivity index is 1.36. The molecule has 5 nitrogen and oxygen atoms in total. The predicted octanol–water partition coefficient (Wildman–Crippen LogP) is 12.3. The van der Waals surface area contributed by atoms with Crippen molar-refractivity contribution < 1.29 is 9.50 Å². The summed E-state index contributed by atoms with van der Waals surface area (Å²) >= 11 is 0. The van der Waals surface area contributed by atoms with Gasteiger partial charge >= 0.3 is 0 Å². The van der Waals surface area contributed by atoms with Crippen LogP contribution in [0.3, 0.4) is 0 Å². The molecule has 6 aromatic rings. The van der Waals surface area contributed by atoms with Gasteiger partial charge in [-0.15, -0.1) is 6.58 Å². The molecule has 2 aliphatic rings. The summed E-state index contributed by atoms with van der Waals surface area (Å²) in [6, 6.07) is 51.3. The summed E-state index contributed by atoms with van der Waals surface area (Å²) in [5.41, 5.74) is 9.89. The van der Waals surface area contributed by atoms with Crippen molar-refractivity contribution in [3.63, 3.8) is 0 Å². The van der Waals surface area contributed by atoms with E-state index in [1.54, 1.807) is 12.1 Å². The molecule has 0 aromatic heterocycles. The normalized spacial score (nSPS) is 17.7. The van der Waals surface area contributed by atoms with E-state index in [9.17, 15) is 10.1 Å². The maximum atomic E-state index is 12.2. The number of likely N-dealkylation sites (N-methyl/N-ethyl adjacent to an activating group) is 1. The number of hydrogen-bond donors (Lipinski definition) is 0. The number of hydrogen-bond acceptors (Lipinski definition) is 3. The number of non-ortho nitro benzene ring substituents is 1. The molecule has 0 bridgehead atoms. The monoisotopic (exact) mass is 762 g/mol. The lowest BCUT2D eigenvalue weighted by Gasteiger charge is -2.32. The van der Waals surface area contributed by atoms with Crippen LogP contribution < -0.4 is 4.90 Å². The third kappa shape index (κ3) is 7.22. The number of nitrogens with zero attached hydrogens (tertiary/aromatic N) is 3. The Kier molecular flexibility index (Phi) is 10.8. The lowest BCUT2D eigenvalue weighted by molar-refractivity contribution is -0.439. The number of nitro groups is 1. The second-order valence-electron chi connectivity index (χ2n) is 16.5. The third-order valence-electron chi connectivity index (χ3n) is 12.3. The molecule has 2 heterocycles. The minimum absolute atomic E-state index is 0.101. The first kappa shape index (κ1) is 38.5. The topological polar surface area (TPSA) is 49.4 Å². The highest BCUT2D eigenvalue weighted by Crippen LogP contribution is 2.53. The Morgan fingerprint density at radius 3 is 1.83 bits per heavy atom. The van der Waals surface area contributed by atoms with Crippen LogP contribution >= 0.6 is 0 Å². The maximum Gasteiger partial charge on any atom is 0.269 e. The van der Waals surface area contributed by atoms with Crippen molar-refractivity contribution in [2.24, 2.45) is 5.92 Å². The fourth-order valence-electron chi connectivity index (χ4n) is 9.63. The molecule has 58 heavy (non-hydrogen) atoms. The molecule has 1 unspecified atom stereocenters. The van der Waals surface area contributed by atoms with Crippen molar-refractivity contribution >= 4 is 33.5 Å². The van der Waals surface area contributed by atoms with Gasteiger partial charge < -0.3 is 4.90 Å². The van der Waals surface area contributed by atoms with Crippen molar-refractivity contribution in [2.75, 3.05) is 18.5 Å². The van der Waals surface area contributed by atoms with Crippen LogP contribution in [0.1, 0.15) is 54.5 Å². The summed E-state index contributed by atoms with van der Waals surface area (Å²) in [5, 5.41) is 14.7.